The van der Waals surface area contributed by atoms with Crippen LogP contribution in [0.5, 0.6) is 0 Å². The van der Waals surface area contributed by atoms with E-state index in [-0.39, 0.29) is 17.9 Å². The second-order valence-corrected chi connectivity index (χ2v) is 9.61. The SMILES string of the molecule is O=C1CCN(C2c3ccccc3C=Cc3ccccc32)CC1C(c1ccccc1)c1ccccc1. The van der Waals surface area contributed by atoms with Gasteiger partial charge in [-0.3, -0.25) is 9.69 Å². The van der Waals surface area contributed by atoms with E-state index >= 15 is 0 Å². The first-order chi connectivity index (χ1) is 17.3. The highest BCUT2D eigenvalue weighted by atomic mass is 16.1. The van der Waals surface area contributed by atoms with Crippen molar-refractivity contribution in [2.24, 2.45) is 5.92 Å². The van der Waals surface area contributed by atoms with Gasteiger partial charge in [-0.2, -0.15) is 0 Å². The Balaban J connectivity index is 1.43. The Kier molecular flexibility index (Phi) is 5.89. The molecule has 1 aliphatic heterocycles. The molecular weight excluding hydrogens is 426 g/mol. The Bertz CT molecular complexity index is 1270. The quantitative estimate of drug-likeness (QED) is 0.331. The largest absolute Gasteiger partial charge is 0.299 e. The molecule has 0 saturated carbocycles. The summed E-state index contributed by atoms with van der Waals surface area (Å²) in [6.45, 7) is 1.51. The molecule has 2 heteroatoms. The molecule has 4 aromatic rings. The van der Waals surface area contributed by atoms with Crippen molar-refractivity contribution in [1.82, 2.24) is 4.90 Å². The number of piperidine rings is 1. The zero-order valence-electron chi connectivity index (χ0n) is 19.8. The van der Waals surface area contributed by atoms with Gasteiger partial charge in [-0.1, -0.05) is 121 Å². The number of ketones is 1. The van der Waals surface area contributed by atoms with E-state index in [1.165, 1.54) is 33.4 Å². The van der Waals surface area contributed by atoms with Crippen LogP contribution in [0.2, 0.25) is 0 Å². The van der Waals surface area contributed by atoms with Crippen LogP contribution in [0.1, 0.15) is 51.8 Å². The highest BCUT2D eigenvalue weighted by Crippen LogP contribution is 2.42. The predicted molar refractivity (Wildman–Crippen MR) is 143 cm³/mol. The van der Waals surface area contributed by atoms with E-state index < -0.39 is 0 Å². The molecule has 6 rings (SSSR count). The van der Waals surface area contributed by atoms with Crippen LogP contribution in [0.4, 0.5) is 0 Å². The summed E-state index contributed by atoms with van der Waals surface area (Å²) in [5.41, 5.74) is 7.56. The maximum atomic E-state index is 13.5. The van der Waals surface area contributed by atoms with E-state index in [2.05, 4.69) is 114 Å². The molecule has 4 aromatic carbocycles. The first-order valence-electron chi connectivity index (χ1n) is 12.5. The first kappa shape index (κ1) is 21.8. The fourth-order valence-corrected chi connectivity index (χ4v) is 5.95. The fourth-order valence-electron chi connectivity index (χ4n) is 5.95. The van der Waals surface area contributed by atoms with Crippen LogP contribution in [-0.4, -0.2) is 23.8 Å². The minimum Gasteiger partial charge on any atom is -0.299 e. The average Bonchev–Trinajstić information content (AvgIpc) is 3.08. The van der Waals surface area contributed by atoms with Gasteiger partial charge in [0.05, 0.1) is 6.04 Å². The molecule has 1 saturated heterocycles. The van der Waals surface area contributed by atoms with Crippen molar-refractivity contribution in [3.8, 4) is 0 Å². The van der Waals surface area contributed by atoms with Crippen molar-refractivity contribution in [2.45, 2.75) is 18.4 Å². The smallest absolute Gasteiger partial charge is 0.139 e. The van der Waals surface area contributed by atoms with Crippen LogP contribution < -0.4 is 0 Å². The number of likely N-dealkylation sites (tertiary alicyclic amines) is 1. The number of carbonyl (C=O) groups excluding carboxylic acids is 1. The lowest BCUT2D eigenvalue weighted by atomic mass is 9.75. The second-order valence-electron chi connectivity index (χ2n) is 9.61. The van der Waals surface area contributed by atoms with Crippen molar-refractivity contribution in [3.63, 3.8) is 0 Å². The van der Waals surface area contributed by atoms with Gasteiger partial charge in [0.2, 0.25) is 0 Å². The van der Waals surface area contributed by atoms with E-state index in [0.29, 0.717) is 12.2 Å². The van der Waals surface area contributed by atoms with Crippen molar-refractivity contribution in [2.75, 3.05) is 13.1 Å². The summed E-state index contributed by atoms with van der Waals surface area (Å²) in [4.78, 5) is 16.1. The third kappa shape index (κ3) is 4.15. The summed E-state index contributed by atoms with van der Waals surface area (Å²) in [6, 6.07) is 38.6. The number of hydrogen-bond acceptors (Lipinski definition) is 2. The topological polar surface area (TPSA) is 20.3 Å². The van der Waals surface area contributed by atoms with Crippen LogP contribution in [0.15, 0.2) is 109 Å². The molecule has 1 atom stereocenters. The Morgan fingerprint density at radius 3 is 1.66 bits per heavy atom. The van der Waals surface area contributed by atoms with Crippen molar-refractivity contribution in [3.05, 3.63) is 143 Å². The Hall–Kier alpha value is -3.75. The summed E-state index contributed by atoms with van der Waals surface area (Å²) in [5, 5.41) is 0. The van der Waals surface area contributed by atoms with Crippen LogP contribution in [0.25, 0.3) is 12.2 Å². The lowest BCUT2D eigenvalue weighted by Crippen LogP contribution is -2.45. The number of fused-ring (bicyclic) bond motifs is 2. The van der Waals surface area contributed by atoms with E-state index in [1.807, 2.05) is 12.1 Å². The van der Waals surface area contributed by atoms with Crippen LogP contribution in [-0.2, 0) is 4.79 Å². The predicted octanol–water partition coefficient (Wildman–Crippen LogP) is 6.98. The van der Waals surface area contributed by atoms with E-state index in [1.54, 1.807) is 0 Å². The maximum Gasteiger partial charge on any atom is 0.139 e. The van der Waals surface area contributed by atoms with E-state index in [0.717, 1.165) is 13.1 Å². The Morgan fingerprint density at radius 2 is 1.11 bits per heavy atom. The van der Waals surface area contributed by atoms with Gasteiger partial charge in [0.25, 0.3) is 0 Å². The third-order valence-electron chi connectivity index (χ3n) is 7.60. The van der Waals surface area contributed by atoms with E-state index in [9.17, 15) is 4.79 Å². The standard InChI is InChI=1S/C33H29NO/c35-31-21-22-34(23-30(31)32(26-13-3-1-4-14-26)27-15-5-2-6-16-27)33-28-17-9-7-11-24(28)19-20-25-12-8-10-18-29(25)33/h1-20,30,32-33H,21-23H2. The minimum atomic E-state index is -0.0934. The third-order valence-corrected chi connectivity index (χ3v) is 7.60. The fraction of sp³-hybridized carbons (Fsp3) is 0.182. The molecule has 0 N–H and O–H groups in total. The zero-order chi connectivity index (χ0) is 23.6. The Labute approximate surface area is 207 Å². The number of hydrogen-bond donors (Lipinski definition) is 0. The monoisotopic (exact) mass is 455 g/mol. The normalized spacial score (nSPS) is 18.2. The molecule has 0 amide bonds. The first-order valence-corrected chi connectivity index (χ1v) is 12.5. The summed E-state index contributed by atoms with van der Waals surface area (Å²) in [5.74, 6) is 0.318. The summed E-state index contributed by atoms with van der Waals surface area (Å²) in [7, 11) is 0. The average molecular weight is 456 g/mol. The van der Waals surface area contributed by atoms with Gasteiger partial charge in [0.15, 0.2) is 0 Å². The molecule has 0 spiro atoms. The van der Waals surface area contributed by atoms with E-state index in [4.69, 9.17) is 0 Å². The van der Waals surface area contributed by atoms with Crippen molar-refractivity contribution in [1.29, 1.82) is 0 Å². The number of nitrogens with zero attached hydrogens (tertiary/aromatic N) is 1. The molecular formula is C33H29NO. The molecule has 1 aliphatic carbocycles. The molecule has 1 unspecified atom stereocenters. The van der Waals surface area contributed by atoms with Crippen LogP contribution in [0.3, 0.4) is 0 Å². The lowest BCUT2D eigenvalue weighted by Gasteiger charge is -2.41. The summed E-state index contributed by atoms with van der Waals surface area (Å²) >= 11 is 0. The van der Waals surface area contributed by atoms with Gasteiger partial charge >= 0.3 is 0 Å². The Morgan fingerprint density at radius 1 is 0.629 bits per heavy atom. The number of Topliss-reactive ketones (excluding diaryl/α,β-unsaturated/α-hetero) is 1. The van der Waals surface area contributed by atoms with Gasteiger partial charge < -0.3 is 0 Å². The van der Waals surface area contributed by atoms with Crippen LogP contribution >= 0.6 is 0 Å². The molecule has 0 bridgehead atoms. The molecule has 0 aromatic heterocycles. The number of benzene rings is 4. The highest BCUT2D eigenvalue weighted by Gasteiger charge is 2.39. The molecule has 2 nitrogen and oxygen atoms in total. The summed E-state index contributed by atoms with van der Waals surface area (Å²) in [6.07, 6.45) is 5.05. The van der Waals surface area contributed by atoms with Crippen molar-refractivity contribution < 1.29 is 4.79 Å². The van der Waals surface area contributed by atoms with Crippen molar-refractivity contribution >= 4 is 17.9 Å². The molecule has 1 heterocycles. The van der Waals surface area contributed by atoms with Crippen LogP contribution in [0, 0.1) is 5.92 Å². The number of rotatable bonds is 4. The molecule has 1 fully saturated rings. The van der Waals surface area contributed by atoms with Gasteiger partial charge in [0.1, 0.15) is 5.78 Å². The second kappa shape index (κ2) is 9.48. The lowest BCUT2D eigenvalue weighted by molar-refractivity contribution is -0.127. The minimum absolute atomic E-state index is 0.0436. The van der Waals surface area contributed by atoms with Gasteiger partial charge in [-0.15, -0.1) is 0 Å². The molecule has 35 heavy (non-hydrogen) atoms. The van der Waals surface area contributed by atoms with Gasteiger partial charge in [-0.25, -0.2) is 0 Å². The van der Waals surface area contributed by atoms with Gasteiger partial charge in [0, 0.05) is 31.3 Å². The zero-order valence-corrected chi connectivity index (χ0v) is 19.8. The summed E-state index contributed by atoms with van der Waals surface area (Å²) < 4.78 is 0. The van der Waals surface area contributed by atoms with Gasteiger partial charge in [-0.05, 0) is 33.4 Å². The highest BCUT2D eigenvalue weighted by molar-refractivity contribution is 5.84. The maximum absolute atomic E-state index is 13.5. The molecule has 0 radical (unpaired) electrons. The molecule has 172 valence electrons. The molecule has 2 aliphatic rings. The number of carbonyl (C=O) groups is 1.